The van der Waals surface area contributed by atoms with Gasteiger partial charge in [-0.15, -0.1) is 0 Å². The van der Waals surface area contributed by atoms with E-state index >= 15 is 0 Å². The van der Waals surface area contributed by atoms with E-state index in [4.69, 9.17) is 5.73 Å². The van der Waals surface area contributed by atoms with Gasteiger partial charge in [-0.05, 0) is 75.2 Å². The molecule has 1 aliphatic heterocycles. The predicted octanol–water partition coefficient (Wildman–Crippen LogP) is 2.57. The van der Waals surface area contributed by atoms with E-state index in [0.717, 1.165) is 24.9 Å². The van der Waals surface area contributed by atoms with Gasteiger partial charge in [-0.2, -0.15) is 0 Å². The van der Waals surface area contributed by atoms with Gasteiger partial charge in [0.2, 0.25) is 5.91 Å². The lowest BCUT2D eigenvalue weighted by molar-refractivity contribution is -0.122. The van der Waals surface area contributed by atoms with Crippen molar-refractivity contribution in [2.45, 2.75) is 49.4 Å². The first-order valence-corrected chi connectivity index (χ1v) is 11.5. The van der Waals surface area contributed by atoms with E-state index < -0.39 is 15.1 Å². The number of anilines is 1. The number of rotatable bonds is 7. The maximum Gasteiger partial charge on any atom is 0.255 e. The molecule has 3 rings (SSSR count). The van der Waals surface area contributed by atoms with Gasteiger partial charge in [0.05, 0.1) is 16.2 Å². The second kappa shape index (κ2) is 8.97. The van der Waals surface area contributed by atoms with Crippen molar-refractivity contribution in [1.82, 2.24) is 4.90 Å². The molecular formula is C22H27N3O4S. The van der Waals surface area contributed by atoms with Crippen LogP contribution in [0.5, 0.6) is 0 Å². The molecule has 1 fully saturated rings. The Morgan fingerprint density at radius 3 is 2.50 bits per heavy atom. The maximum absolute atomic E-state index is 12.6. The Labute approximate surface area is 177 Å². The fraction of sp³-hybridized carbons (Fsp3) is 0.364. The number of carbonyl (C=O) groups excluding carboxylic acids is 2. The number of amides is 2. The van der Waals surface area contributed by atoms with Gasteiger partial charge >= 0.3 is 0 Å². The van der Waals surface area contributed by atoms with Crippen LogP contribution in [0.4, 0.5) is 5.69 Å². The third-order valence-electron chi connectivity index (χ3n) is 5.33. The van der Waals surface area contributed by atoms with E-state index in [1.807, 2.05) is 18.2 Å². The molecule has 0 bridgehead atoms. The molecule has 1 unspecified atom stereocenters. The molecule has 0 aromatic heterocycles. The molecular weight excluding hydrogens is 402 g/mol. The highest BCUT2D eigenvalue weighted by atomic mass is 32.2. The lowest BCUT2D eigenvalue weighted by Gasteiger charge is -2.22. The van der Waals surface area contributed by atoms with Crippen LogP contribution in [0.2, 0.25) is 0 Å². The summed E-state index contributed by atoms with van der Waals surface area (Å²) in [6.45, 7) is 4.64. The highest BCUT2D eigenvalue weighted by Crippen LogP contribution is 2.22. The van der Waals surface area contributed by atoms with Gasteiger partial charge < -0.3 is 11.1 Å². The molecule has 1 heterocycles. The number of sulfone groups is 1. The molecule has 1 atom stereocenters. The quantitative estimate of drug-likeness (QED) is 0.703. The van der Waals surface area contributed by atoms with Gasteiger partial charge in [0.15, 0.2) is 9.84 Å². The van der Waals surface area contributed by atoms with Gasteiger partial charge in [0, 0.05) is 17.8 Å². The summed E-state index contributed by atoms with van der Waals surface area (Å²) in [5, 5.41) is 2.32. The summed E-state index contributed by atoms with van der Waals surface area (Å²) in [7, 11) is -3.38. The van der Waals surface area contributed by atoms with Gasteiger partial charge in [0.1, 0.15) is 0 Å². The first kappa shape index (κ1) is 22.0. The molecule has 0 aliphatic carbocycles. The van der Waals surface area contributed by atoms with Gasteiger partial charge in [0.25, 0.3) is 5.91 Å². The van der Waals surface area contributed by atoms with Crippen molar-refractivity contribution in [1.29, 1.82) is 0 Å². The van der Waals surface area contributed by atoms with Crippen molar-refractivity contribution in [3.63, 3.8) is 0 Å². The number of likely N-dealkylation sites (tertiary alicyclic amines) is 1. The molecule has 3 N–H and O–H groups in total. The van der Waals surface area contributed by atoms with Crippen molar-refractivity contribution in [2.75, 3.05) is 11.9 Å². The second-order valence-electron chi connectivity index (χ2n) is 7.80. The van der Waals surface area contributed by atoms with Gasteiger partial charge in [-0.25, -0.2) is 8.42 Å². The van der Waals surface area contributed by atoms with Crippen LogP contribution in [0.25, 0.3) is 0 Å². The second-order valence-corrected chi connectivity index (χ2v) is 10.3. The molecule has 2 aromatic rings. The third-order valence-corrected chi connectivity index (χ3v) is 7.50. The molecule has 2 aromatic carbocycles. The average Bonchev–Trinajstić information content (AvgIpc) is 3.16. The minimum atomic E-state index is -3.38. The number of nitrogens with zero attached hydrogens (tertiary/aromatic N) is 1. The average molecular weight is 430 g/mol. The molecule has 1 aliphatic rings. The van der Waals surface area contributed by atoms with Crippen LogP contribution in [-0.2, 0) is 21.2 Å². The third kappa shape index (κ3) is 4.88. The number of nitrogens with one attached hydrogen (secondary N) is 1. The van der Waals surface area contributed by atoms with Crippen LogP contribution in [0.3, 0.4) is 0 Å². The zero-order valence-corrected chi connectivity index (χ0v) is 18.0. The van der Waals surface area contributed by atoms with E-state index in [9.17, 15) is 18.0 Å². The lowest BCUT2D eigenvalue weighted by Crippen LogP contribution is -2.39. The molecule has 0 saturated carbocycles. The van der Waals surface area contributed by atoms with Crippen LogP contribution in [0, 0.1) is 0 Å². The summed E-state index contributed by atoms with van der Waals surface area (Å²) in [5.41, 5.74) is 7.45. The largest absolute Gasteiger partial charge is 0.368 e. The Kier molecular flexibility index (Phi) is 6.58. The van der Waals surface area contributed by atoms with E-state index in [2.05, 4.69) is 10.2 Å². The number of hydrogen-bond donors (Lipinski definition) is 2. The molecule has 7 nitrogen and oxygen atoms in total. The summed E-state index contributed by atoms with van der Waals surface area (Å²) in [6.07, 6.45) is 1.71. The lowest BCUT2D eigenvalue weighted by atomic mass is 10.1. The highest BCUT2D eigenvalue weighted by molar-refractivity contribution is 7.92. The van der Waals surface area contributed by atoms with Crippen LogP contribution >= 0.6 is 0 Å². The molecule has 0 spiro atoms. The van der Waals surface area contributed by atoms with Crippen molar-refractivity contribution in [3.8, 4) is 0 Å². The minimum absolute atomic E-state index is 0.200. The molecule has 8 heteroatoms. The van der Waals surface area contributed by atoms with Crippen LogP contribution in [0.15, 0.2) is 53.4 Å². The summed E-state index contributed by atoms with van der Waals surface area (Å²) in [6, 6.07) is 13.1. The fourth-order valence-corrected chi connectivity index (χ4v) is 4.65. The van der Waals surface area contributed by atoms with Crippen LogP contribution in [-0.4, -0.2) is 43.0 Å². The Morgan fingerprint density at radius 1 is 1.17 bits per heavy atom. The fourth-order valence-electron chi connectivity index (χ4n) is 3.59. The first-order valence-electron chi connectivity index (χ1n) is 9.96. The topological polar surface area (TPSA) is 110 Å². The monoisotopic (exact) mass is 429 g/mol. The number of nitrogens with two attached hydrogens (primary N) is 1. The van der Waals surface area contributed by atoms with Crippen LogP contribution < -0.4 is 11.1 Å². The SMILES string of the molecule is CC(C)S(=O)(=O)c1ccc(C(=O)Nc2cccc(CN3CCCC3C(N)=O)c2)cc1. The zero-order chi connectivity index (χ0) is 21.9. The molecule has 1 saturated heterocycles. The van der Waals surface area contributed by atoms with Gasteiger partial charge in [-0.3, -0.25) is 14.5 Å². The van der Waals surface area contributed by atoms with E-state index in [1.54, 1.807) is 19.9 Å². The Bertz CT molecular complexity index is 1030. The zero-order valence-electron chi connectivity index (χ0n) is 17.2. The number of benzene rings is 2. The summed E-state index contributed by atoms with van der Waals surface area (Å²) < 4.78 is 24.4. The van der Waals surface area contributed by atoms with E-state index in [0.29, 0.717) is 17.8 Å². The standard InChI is InChI=1S/C22H27N3O4S/c1-15(2)30(28,29)19-10-8-17(9-11-19)22(27)24-18-6-3-5-16(13-18)14-25-12-4-7-20(25)21(23)26/h3,5-6,8-11,13,15,20H,4,7,12,14H2,1-2H3,(H2,23,26)(H,24,27). The molecule has 160 valence electrons. The maximum atomic E-state index is 12.6. The minimum Gasteiger partial charge on any atom is -0.368 e. The number of primary amides is 1. The Hall–Kier alpha value is -2.71. The number of carbonyl (C=O) groups is 2. The molecule has 30 heavy (non-hydrogen) atoms. The van der Waals surface area contributed by atoms with E-state index in [-0.39, 0.29) is 22.8 Å². The molecule has 2 amide bonds. The van der Waals surface area contributed by atoms with Crippen molar-refractivity contribution in [3.05, 3.63) is 59.7 Å². The van der Waals surface area contributed by atoms with E-state index in [1.165, 1.54) is 24.3 Å². The summed E-state index contributed by atoms with van der Waals surface area (Å²) >= 11 is 0. The van der Waals surface area contributed by atoms with Crippen molar-refractivity contribution in [2.24, 2.45) is 5.73 Å². The van der Waals surface area contributed by atoms with Crippen molar-refractivity contribution >= 4 is 27.3 Å². The summed E-state index contributed by atoms with van der Waals surface area (Å²) in [5.74, 6) is -0.628. The number of hydrogen-bond acceptors (Lipinski definition) is 5. The Balaban J connectivity index is 1.69. The normalized spacial score (nSPS) is 17.2. The first-order chi connectivity index (χ1) is 14.2. The Morgan fingerprint density at radius 2 is 1.87 bits per heavy atom. The highest BCUT2D eigenvalue weighted by Gasteiger charge is 2.28. The van der Waals surface area contributed by atoms with Gasteiger partial charge in [-0.1, -0.05) is 12.1 Å². The summed E-state index contributed by atoms with van der Waals surface area (Å²) in [4.78, 5) is 26.4. The molecule has 0 radical (unpaired) electrons. The smallest absolute Gasteiger partial charge is 0.255 e. The predicted molar refractivity (Wildman–Crippen MR) is 116 cm³/mol. The van der Waals surface area contributed by atoms with Crippen molar-refractivity contribution < 1.29 is 18.0 Å². The van der Waals surface area contributed by atoms with Crippen LogP contribution in [0.1, 0.15) is 42.6 Å².